The van der Waals surface area contributed by atoms with Gasteiger partial charge in [-0.15, -0.1) is 11.3 Å². The first-order valence-corrected chi connectivity index (χ1v) is 10.3. The van der Waals surface area contributed by atoms with Gasteiger partial charge in [0, 0.05) is 46.7 Å². The molecule has 2 aliphatic heterocycles. The molecule has 0 unspecified atom stereocenters. The third-order valence-corrected chi connectivity index (χ3v) is 7.34. The van der Waals surface area contributed by atoms with Crippen molar-refractivity contribution in [1.29, 1.82) is 0 Å². The summed E-state index contributed by atoms with van der Waals surface area (Å²) < 4.78 is 16.3. The molecule has 2 aromatic carbocycles. The van der Waals surface area contributed by atoms with Crippen molar-refractivity contribution in [2.45, 2.75) is 9.10 Å². The zero-order valence-corrected chi connectivity index (χ0v) is 16.0. The predicted molar refractivity (Wildman–Crippen MR) is 108 cm³/mol. The van der Waals surface area contributed by atoms with E-state index in [1.54, 1.807) is 35.2 Å². The second kappa shape index (κ2) is 6.37. The Morgan fingerprint density at radius 1 is 1.04 bits per heavy atom. The molecule has 3 heterocycles. The van der Waals surface area contributed by atoms with Gasteiger partial charge in [0.2, 0.25) is 0 Å². The Labute approximate surface area is 160 Å². The fourth-order valence-electron chi connectivity index (χ4n) is 3.49. The van der Waals surface area contributed by atoms with E-state index in [4.69, 9.17) is 4.99 Å². The maximum absolute atomic E-state index is 13.8. The van der Waals surface area contributed by atoms with Crippen LogP contribution in [0.4, 0.5) is 10.1 Å². The molecular weight excluding hydrogens is 365 g/mol. The van der Waals surface area contributed by atoms with Gasteiger partial charge in [0.25, 0.3) is 0 Å². The average molecular weight is 384 g/mol. The van der Waals surface area contributed by atoms with Gasteiger partial charge in [-0.1, -0.05) is 30.0 Å². The molecule has 1 fully saturated rings. The number of nitrogens with zero attached hydrogens (tertiary/aromatic N) is 3. The van der Waals surface area contributed by atoms with E-state index in [2.05, 4.69) is 41.1 Å². The monoisotopic (exact) mass is 383 g/mol. The molecule has 0 radical (unpaired) electrons. The van der Waals surface area contributed by atoms with Gasteiger partial charge in [0.1, 0.15) is 11.7 Å². The number of hydrogen-bond donors (Lipinski definition) is 0. The molecule has 0 aliphatic carbocycles. The van der Waals surface area contributed by atoms with Crippen molar-refractivity contribution in [3.05, 3.63) is 53.8 Å². The average Bonchev–Trinajstić information content (AvgIpc) is 2.92. The van der Waals surface area contributed by atoms with Gasteiger partial charge in [-0.3, -0.25) is 0 Å². The van der Waals surface area contributed by atoms with E-state index in [9.17, 15) is 4.39 Å². The van der Waals surface area contributed by atoms with E-state index in [1.165, 1.54) is 25.9 Å². The van der Waals surface area contributed by atoms with Crippen molar-refractivity contribution in [3.63, 3.8) is 0 Å². The number of aliphatic imine (C=N–C) groups is 1. The third-order valence-electron chi connectivity index (χ3n) is 4.94. The van der Waals surface area contributed by atoms with Crippen LogP contribution in [0, 0.1) is 5.82 Å². The van der Waals surface area contributed by atoms with Crippen LogP contribution in [0.15, 0.2) is 56.6 Å². The number of thiophene rings is 1. The van der Waals surface area contributed by atoms with E-state index in [1.807, 2.05) is 0 Å². The van der Waals surface area contributed by atoms with Gasteiger partial charge in [-0.25, -0.2) is 9.38 Å². The van der Waals surface area contributed by atoms with Gasteiger partial charge in [-0.2, -0.15) is 0 Å². The van der Waals surface area contributed by atoms with E-state index >= 15 is 0 Å². The first-order valence-electron chi connectivity index (χ1n) is 8.70. The molecule has 1 saturated heterocycles. The van der Waals surface area contributed by atoms with Crippen LogP contribution in [0.25, 0.3) is 10.1 Å². The molecule has 0 spiro atoms. The molecule has 0 N–H and O–H groups in total. The number of rotatable bonds is 0. The Morgan fingerprint density at radius 2 is 1.85 bits per heavy atom. The Bertz CT molecular complexity index is 1020. The number of halogens is 1. The highest BCUT2D eigenvalue weighted by atomic mass is 32.2. The molecule has 0 saturated carbocycles. The summed E-state index contributed by atoms with van der Waals surface area (Å²) in [5.74, 6) is 0.820. The zero-order chi connectivity index (χ0) is 17.7. The van der Waals surface area contributed by atoms with Crippen LogP contribution in [0.1, 0.15) is 5.56 Å². The third kappa shape index (κ3) is 2.73. The minimum absolute atomic E-state index is 0.211. The predicted octanol–water partition coefficient (Wildman–Crippen LogP) is 4.83. The molecule has 0 amide bonds. The molecule has 3 nitrogen and oxygen atoms in total. The lowest BCUT2D eigenvalue weighted by atomic mass is 10.1. The minimum Gasteiger partial charge on any atom is -0.353 e. The highest BCUT2D eigenvalue weighted by molar-refractivity contribution is 8.01. The Kier molecular flexibility index (Phi) is 3.99. The maximum Gasteiger partial charge on any atom is 0.139 e. The molecule has 3 aromatic rings. The van der Waals surface area contributed by atoms with Crippen molar-refractivity contribution in [3.8, 4) is 0 Å². The van der Waals surface area contributed by atoms with Crippen LogP contribution in [-0.2, 0) is 0 Å². The van der Waals surface area contributed by atoms with Crippen LogP contribution < -0.4 is 0 Å². The smallest absolute Gasteiger partial charge is 0.139 e. The van der Waals surface area contributed by atoms with Crippen molar-refractivity contribution >= 4 is 44.7 Å². The number of benzene rings is 2. The summed E-state index contributed by atoms with van der Waals surface area (Å²) >= 11 is 3.41. The molecule has 132 valence electrons. The molecular formula is C20H18FN3S2. The summed E-state index contributed by atoms with van der Waals surface area (Å²) in [6.07, 6.45) is 0. The Hall–Kier alpha value is -1.89. The first kappa shape index (κ1) is 16.3. The number of likely N-dealkylation sites (N-methyl/N-ethyl adjacent to an activating group) is 1. The van der Waals surface area contributed by atoms with Crippen LogP contribution in [0.3, 0.4) is 0 Å². The summed E-state index contributed by atoms with van der Waals surface area (Å²) in [4.78, 5) is 10.7. The summed E-state index contributed by atoms with van der Waals surface area (Å²) in [5, 5.41) is 1.24. The van der Waals surface area contributed by atoms with Crippen LogP contribution in [0.5, 0.6) is 0 Å². The fourth-order valence-corrected chi connectivity index (χ4v) is 6.01. The topological polar surface area (TPSA) is 18.8 Å². The standard InChI is InChI=1S/C20H18FN3S2/c1-23-8-10-24(11-9-23)19-18-14-4-2-3-5-16(14)25-20(18)26-17-12-13(21)6-7-15(17)22-19/h2-7,12H,8-11H2,1H3. The minimum atomic E-state index is -0.211. The lowest BCUT2D eigenvalue weighted by Gasteiger charge is -2.34. The second-order valence-electron chi connectivity index (χ2n) is 6.70. The van der Waals surface area contributed by atoms with Gasteiger partial charge >= 0.3 is 0 Å². The van der Waals surface area contributed by atoms with Crippen molar-refractivity contribution < 1.29 is 4.39 Å². The van der Waals surface area contributed by atoms with Crippen LogP contribution in [0.2, 0.25) is 0 Å². The first-order chi connectivity index (χ1) is 12.7. The SMILES string of the molecule is CN1CCN(C2=Nc3ccc(F)cc3Sc3sc4ccccc4c32)CC1. The van der Waals surface area contributed by atoms with Crippen molar-refractivity contribution in [1.82, 2.24) is 9.80 Å². The van der Waals surface area contributed by atoms with Gasteiger partial charge in [-0.05, 0) is 31.3 Å². The summed E-state index contributed by atoms with van der Waals surface area (Å²) in [7, 11) is 2.16. The number of fused-ring (bicyclic) bond motifs is 4. The van der Waals surface area contributed by atoms with E-state index in [0.717, 1.165) is 42.6 Å². The molecule has 6 heteroatoms. The molecule has 5 rings (SSSR count). The van der Waals surface area contributed by atoms with Gasteiger partial charge in [0.15, 0.2) is 0 Å². The van der Waals surface area contributed by atoms with E-state index in [0.29, 0.717) is 0 Å². The van der Waals surface area contributed by atoms with Gasteiger partial charge < -0.3 is 9.80 Å². The highest BCUT2D eigenvalue weighted by Crippen LogP contribution is 2.47. The fraction of sp³-hybridized carbons (Fsp3) is 0.250. The van der Waals surface area contributed by atoms with E-state index < -0.39 is 0 Å². The second-order valence-corrected chi connectivity index (χ2v) is 9.06. The van der Waals surface area contributed by atoms with Gasteiger partial charge in [0.05, 0.1) is 9.90 Å². The van der Waals surface area contributed by atoms with Crippen LogP contribution in [-0.4, -0.2) is 48.9 Å². The summed E-state index contributed by atoms with van der Waals surface area (Å²) in [6, 6.07) is 13.4. The highest BCUT2D eigenvalue weighted by Gasteiger charge is 2.28. The maximum atomic E-state index is 13.8. The largest absolute Gasteiger partial charge is 0.353 e. The van der Waals surface area contributed by atoms with Crippen molar-refractivity contribution in [2.24, 2.45) is 4.99 Å². The molecule has 26 heavy (non-hydrogen) atoms. The molecule has 0 atom stereocenters. The Morgan fingerprint density at radius 3 is 2.69 bits per heavy atom. The zero-order valence-electron chi connectivity index (χ0n) is 14.4. The Balaban J connectivity index is 1.72. The molecule has 2 aliphatic rings. The number of amidine groups is 1. The summed E-state index contributed by atoms with van der Waals surface area (Å²) in [6.45, 7) is 3.97. The quantitative estimate of drug-likeness (QED) is 0.554. The lowest BCUT2D eigenvalue weighted by molar-refractivity contribution is 0.216. The van der Waals surface area contributed by atoms with Crippen LogP contribution >= 0.6 is 23.1 Å². The number of hydrogen-bond acceptors (Lipinski definition) is 5. The lowest BCUT2D eigenvalue weighted by Crippen LogP contribution is -2.47. The van der Waals surface area contributed by atoms with Crippen molar-refractivity contribution in [2.75, 3.05) is 33.2 Å². The molecule has 1 aromatic heterocycles. The normalized spacial score (nSPS) is 17.6. The summed E-state index contributed by atoms with van der Waals surface area (Å²) in [5.41, 5.74) is 2.06. The van der Waals surface area contributed by atoms with E-state index in [-0.39, 0.29) is 5.82 Å². The molecule has 0 bridgehead atoms. The number of piperazine rings is 1.